The van der Waals surface area contributed by atoms with Gasteiger partial charge in [-0.1, -0.05) is 176 Å². The Morgan fingerprint density at radius 1 is 0.322 bits per heavy atom. The molecule has 4 heterocycles. The SMILES string of the molecule is c1ccc(-c2nc(-c3ccccc3)nc(-c3ccc(-c4ccc(-c5cnc6oc7c(-c8ccccc8)nc(-c8ccccc8)nc7c6c5)cc4)c4ccccc34)n2)cc1. The lowest BCUT2D eigenvalue weighted by molar-refractivity contribution is 0.653. The van der Waals surface area contributed by atoms with Crippen LogP contribution in [0, 0.1) is 0 Å². The van der Waals surface area contributed by atoms with E-state index < -0.39 is 0 Å². The van der Waals surface area contributed by atoms with Crippen molar-refractivity contribution in [1.29, 1.82) is 0 Å². The van der Waals surface area contributed by atoms with Gasteiger partial charge >= 0.3 is 0 Å². The Bertz CT molecular complexity index is 3240. The lowest BCUT2D eigenvalue weighted by Crippen LogP contribution is -2.00. The molecular weight excluding hydrogens is 725 g/mol. The first-order valence-corrected chi connectivity index (χ1v) is 19.4. The van der Waals surface area contributed by atoms with Crippen LogP contribution in [-0.4, -0.2) is 29.9 Å². The number of aromatic nitrogens is 6. The van der Waals surface area contributed by atoms with E-state index in [0.717, 1.165) is 77.4 Å². The van der Waals surface area contributed by atoms with Crippen LogP contribution in [0.4, 0.5) is 0 Å². The molecule has 0 spiro atoms. The van der Waals surface area contributed by atoms with Crippen molar-refractivity contribution in [1.82, 2.24) is 29.9 Å². The second-order valence-corrected chi connectivity index (χ2v) is 14.3. The predicted molar refractivity (Wildman–Crippen MR) is 236 cm³/mol. The number of pyridine rings is 1. The first-order chi connectivity index (χ1) is 29.2. The van der Waals surface area contributed by atoms with E-state index in [1.54, 1.807) is 0 Å². The van der Waals surface area contributed by atoms with Gasteiger partial charge in [-0.2, -0.15) is 0 Å². The van der Waals surface area contributed by atoms with Crippen molar-refractivity contribution in [3.8, 4) is 79.1 Å². The quantitative estimate of drug-likeness (QED) is 0.160. The lowest BCUT2D eigenvalue weighted by atomic mass is 9.93. The van der Waals surface area contributed by atoms with Gasteiger partial charge in [0.15, 0.2) is 28.9 Å². The monoisotopic (exact) mass is 756 g/mol. The molecule has 0 amide bonds. The Kier molecular flexibility index (Phi) is 8.33. The Morgan fingerprint density at radius 3 is 1.39 bits per heavy atom. The van der Waals surface area contributed by atoms with Crippen molar-refractivity contribution in [2.75, 3.05) is 0 Å². The number of furan rings is 1. The van der Waals surface area contributed by atoms with Crippen LogP contribution in [0.2, 0.25) is 0 Å². The van der Waals surface area contributed by atoms with Crippen molar-refractivity contribution < 1.29 is 4.42 Å². The number of nitrogens with zero attached hydrogens (tertiary/aromatic N) is 6. The molecule has 4 aromatic heterocycles. The lowest BCUT2D eigenvalue weighted by Gasteiger charge is -2.13. The minimum absolute atomic E-state index is 0.522. The standard InChI is InChI=1S/C52H32N6O/c1-5-15-35(16-6-1)45-47-46(55-48(54-45)36-17-7-2-8-18-36)44-31-39(32-53-52(44)59-47)33-25-27-34(28-26-33)40-29-30-43(42-24-14-13-23-41(40)42)51-57-49(37-19-9-3-10-20-37)56-50(58-51)38-21-11-4-12-22-38/h1-32H. The highest BCUT2D eigenvalue weighted by Crippen LogP contribution is 2.39. The number of hydrogen-bond acceptors (Lipinski definition) is 7. The van der Waals surface area contributed by atoms with Crippen LogP contribution in [0.15, 0.2) is 199 Å². The smallest absolute Gasteiger partial charge is 0.229 e. The van der Waals surface area contributed by atoms with Crippen LogP contribution in [0.5, 0.6) is 0 Å². The minimum atomic E-state index is 0.522. The van der Waals surface area contributed by atoms with E-state index >= 15 is 0 Å². The van der Waals surface area contributed by atoms with Crippen molar-refractivity contribution >= 4 is 33.0 Å². The molecule has 0 unspecified atom stereocenters. The van der Waals surface area contributed by atoms with Crippen LogP contribution in [0.1, 0.15) is 0 Å². The van der Waals surface area contributed by atoms with Gasteiger partial charge in [0.2, 0.25) is 5.71 Å². The zero-order valence-electron chi connectivity index (χ0n) is 31.6. The molecule has 0 aliphatic carbocycles. The molecule has 7 heteroatoms. The topological polar surface area (TPSA) is 90.5 Å². The van der Waals surface area contributed by atoms with Crippen molar-refractivity contribution in [2.45, 2.75) is 0 Å². The molecular formula is C52H32N6O. The summed E-state index contributed by atoms with van der Waals surface area (Å²) in [5.74, 6) is 2.53. The maximum atomic E-state index is 6.39. The second kappa shape index (κ2) is 14.4. The Labute approximate surface area is 339 Å². The van der Waals surface area contributed by atoms with Gasteiger partial charge in [0.1, 0.15) is 11.2 Å². The number of fused-ring (bicyclic) bond motifs is 4. The maximum Gasteiger partial charge on any atom is 0.229 e. The van der Waals surface area contributed by atoms with Crippen LogP contribution in [-0.2, 0) is 0 Å². The molecule has 0 fully saturated rings. The zero-order chi connectivity index (χ0) is 39.1. The van der Waals surface area contributed by atoms with Gasteiger partial charge in [-0.15, -0.1) is 0 Å². The fourth-order valence-electron chi connectivity index (χ4n) is 7.71. The predicted octanol–water partition coefficient (Wildman–Crippen LogP) is 12.8. The molecule has 7 nitrogen and oxygen atoms in total. The minimum Gasteiger partial charge on any atom is -0.434 e. The maximum absolute atomic E-state index is 6.39. The van der Waals surface area contributed by atoms with E-state index in [9.17, 15) is 0 Å². The number of benzene rings is 7. The Morgan fingerprint density at radius 2 is 0.797 bits per heavy atom. The molecule has 0 N–H and O–H groups in total. The molecule has 0 saturated heterocycles. The molecule has 11 aromatic rings. The second-order valence-electron chi connectivity index (χ2n) is 14.3. The number of hydrogen-bond donors (Lipinski definition) is 0. The van der Waals surface area contributed by atoms with Crippen molar-refractivity contribution in [3.05, 3.63) is 194 Å². The fraction of sp³-hybridized carbons (Fsp3) is 0. The molecule has 0 bridgehead atoms. The van der Waals surface area contributed by atoms with Gasteiger partial charge in [-0.05, 0) is 39.6 Å². The molecule has 59 heavy (non-hydrogen) atoms. The van der Waals surface area contributed by atoms with E-state index in [1.807, 2.05) is 128 Å². The van der Waals surface area contributed by atoms with E-state index in [0.29, 0.717) is 34.6 Å². The van der Waals surface area contributed by atoms with Gasteiger partial charge in [0, 0.05) is 39.6 Å². The number of rotatable bonds is 7. The van der Waals surface area contributed by atoms with E-state index in [-0.39, 0.29) is 0 Å². The summed E-state index contributed by atoms with van der Waals surface area (Å²) in [4.78, 5) is 29.8. The highest BCUT2D eigenvalue weighted by Gasteiger charge is 2.20. The average molecular weight is 757 g/mol. The van der Waals surface area contributed by atoms with Crippen LogP contribution >= 0.6 is 0 Å². The first-order valence-electron chi connectivity index (χ1n) is 19.4. The summed E-state index contributed by atoms with van der Waals surface area (Å²) >= 11 is 0. The molecule has 11 rings (SSSR count). The summed E-state index contributed by atoms with van der Waals surface area (Å²) < 4.78 is 6.39. The molecule has 276 valence electrons. The third-order valence-electron chi connectivity index (χ3n) is 10.6. The van der Waals surface area contributed by atoms with Gasteiger partial charge in [-0.3, -0.25) is 0 Å². The third-order valence-corrected chi connectivity index (χ3v) is 10.6. The fourth-order valence-corrected chi connectivity index (χ4v) is 7.71. The average Bonchev–Trinajstić information content (AvgIpc) is 3.70. The third kappa shape index (κ3) is 6.27. The summed E-state index contributed by atoms with van der Waals surface area (Å²) in [6, 6.07) is 63.7. The van der Waals surface area contributed by atoms with E-state index in [1.165, 1.54) is 0 Å². The highest BCUT2D eigenvalue weighted by molar-refractivity contribution is 6.07. The summed E-state index contributed by atoms with van der Waals surface area (Å²) in [5, 5.41) is 3.01. The summed E-state index contributed by atoms with van der Waals surface area (Å²) in [6.07, 6.45) is 1.86. The van der Waals surface area contributed by atoms with Crippen LogP contribution in [0.3, 0.4) is 0 Å². The Hall–Kier alpha value is -8.16. The van der Waals surface area contributed by atoms with Crippen molar-refractivity contribution in [2.24, 2.45) is 0 Å². The largest absolute Gasteiger partial charge is 0.434 e. The van der Waals surface area contributed by atoms with Crippen LogP contribution in [0.25, 0.3) is 112 Å². The molecule has 7 aromatic carbocycles. The highest BCUT2D eigenvalue weighted by atomic mass is 16.3. The zero-order valence-corrected chi connectivity index (χ0v) is 31.6. The normalized spacial score (nSPS) is 11.4. The van der Waals surface area contributed by atoms with E-state index in [2.05, 4.69) is 66.7 Å². The molecule has 0 aliphatic heterocycles. The van der Waals surface area contributed by atoms with Gasteiger partial charge in [-0.25, -0.2) is 29.9 Å². The van der Waals surface area contributed by atoms with Crippen LogP contribution < -0.4 is 0 Å². The van der Waals surface area contributed by atoms with E-state index in [4.69, 9.17) is 34.3 Å². The Balaban J connectivity index is 0.985. The van der Waals surface area contributed by atoms with Gasteiger partial charge in [0.05, 0.1) is 5.39 Å². The summed E-state index contributed by atoms with van der Waals surface area (Å²) in [5.41, 5.74) is 11.5. The van der Waals surface area contributed by atoms with Gasteiger partial charge < -0.3 is 4.42 Å². The van der Waals surface area contributed by atoms with Crippen molar-refractivity contribution in [3.63, 3.8) is 0 Å². The molecule has 0 aliphatic rings. The summed E-state index contributed by atoms with van der Waals surface area (Å²) in [7, 11) is 0. The first kappa shape index (κ1) is 34.1. The molecule has 0 saturated carbocycles. The summed E-state index contributed by atoms with van der Waals surface area (Å²) in [6.45, 7) is 0. The van der Waals surface area contributed by atoms with Gasteiger partial charge in [0.25, 0.3) is 0 Å². The molecule has 0 atom stereocenters. The molecule has 0 radical (unpaired) electrons.